The maximum atomic E-state index is 4.70. The maximum Gasteiger partial charge on any atom is 0.191 e. The van der Waals surface area contributed by atoms with Gasteiger partial charge in [-0.3, -0.25) is 0 Å². The first-order valence-electron chi connectivity index (χ1n) is 7.44. The van der Waals surface area contributed by atoms with Gasteiger partial charge in [0.15, 0.2) is 5.96 Å². The Kier molecular flexibility index (Phi) is 8.52. The molecule has 1 aliphatic carbocycles. The van der Waals surface area contributed by atoms with Crippen molar-refractivity contribution in [3.8, 4) is 0 Å². The van der Waals surface area contributed by atoms with Crippen molar-refractivity contribution in [2.24, 2.45) is 4.99 Å². The van der Waals surface area contributed by atoms with Crippen LogP contribution in [0.1, 0.15) is 49.3 Å². The molecular formula is C15H26IN3S. The Balaban J connectivity index is 0.00000200. The predicted molar refractivity (Wildman–Crippen MR) is 99.3 cm³/mol. The highest BCUT2D eigenvalue weighted by molar-refractivity contribution is 14.0. The monoisotopic (exact) mass is 407 g/mol. The lowest BCUT2D eigenvalue weighted by atomic mass is 10.2. The fourth-order valence-corrected chi connectivity index (χ4v) is 3.32. The minimum Gasteiger partial charge on any atom is -0.357 e. The fraction of sp³-hybridized carbons (Fsp3) is 0.667. The average molecular weight is 407 g/mol. The van der Waals surface area contributed by atoms with E-state index >= 15 is 0 Å². The van der Waals surface area contributed by atoms with Crippen LogP contribution in [0.15, 0.2) is 17.1 Å². The zero-order chi connectivity index (χ0) is 13.5. The van der Waals surface area contributed by atoms with Crippen molar-refractivity contribution >= 4 is 41.3 Å². The van der Waals surface area contributed by atoms with Gasteiger partial charge in [-0.05, 0) is 38.3 Å². The van der Waals surface area contributed by atoms with Crippen molar-refractivity contribution in [1.82, 2.24) is 10.6 Å². The van der Waals surface area contributed by atoms with Crippen molar-refractivity contribution in [2.45, 2.75) is 58.5 Å². The Bertz CT molecular complexity index is 411. The lowest BCUT2D eigenvalue weighted by molar-refractivity contribution is 0.614. The molecule has 1 fully saturated rings. The summed E-state index contributed by atoms with van der Waals surface area (Å²) >= 11 is 1.87. The second-order valence-electron chi connectivity index (χ2n) is 5.04. The summed E-state index contributed by atoms with van der Waals surface area (Å²) in [5.74, 6) is 0.973. The molecule has 3 nitrogen and oxygen atoms in total. The molecule has 1 saturated carbocycles. The van der Waals surface area contributed by atoms with E-state index in [0.29, 0.717) is 6.04 Å². The van der Waals surface area contributed by atoms with E-state index in [4.69, 9.17) is 4.99 Å². The molecule has 0 aliphatic heterocycles. The second-order valence-corrected chi connectivity index (χ2v) is 6.30. The molecule has 0 spiro atoms. The number of guanidine groups is 1. The third-order valence-electron chi connectivity index (χ3n) is 3.50. The molecule has 1 heterocycles. The van der Waals surface area contributed by atoms with Gasteiger partial charge in [-0.25, -0.2) is 4.99 Å². The number of nitrogens with zero attached hydrogens (tertiary/aromatic N) is 1. The molecule has 1 aromatic rings. The molecule has 0 radical (unpaired) electrons. The molecule has 2 N–H and O–H groups in total. The van der Waals surface area contributed by atoms with E-state index < -0.39 is 0 Å². The molecular weight excluding hydrogens is 381 g/mol. The minimum atomic E-state index is 0. The highest BCUT2D eigenvalue weighted by atomic mass is 127. The Hall–Kier alpha value is -0.300. The number of thiophene rings is 1. The zero-order valence-electron chi connectivity index (χ0n) is 12.4. The molecule has 1 aliphatic rings. The van der Waals surface area contributed by atoms with E-state index in [1.807, 2.05) is 11.3 Å². The predicted octanol–water partition coefficient (Wildman–Crippen LogP) is 3.93. The van der Waals surface area contributed by atoms with Crippen LogP contribution in [0.5, 0.6) is 0 Å². The summed E-state index contributed by atoms with van der Waals surface area (Å²) in [6.07, 6.45) is 6.38. The highest BCUT2D eigenvalue weighted by Crippen LogP contribution is 2.19. The topological polar surface area (TPSA) is 36.4 Å². The van der Waals surface area contributed by atoms with Crippen LogP contribution < -0.4 is 10.6 Å². The van der Waals surface area contributed by atoms with Crippen LogP contribution in [0.25, 0.3) is 0 Å². The average Bonchev–Trinajstić information content (AvgIpc) is 3.07. The number of hydrogen-bond acceptors (Lipinski definition) is 2. The van der Waals surface area contributed by atoms with E-state index in [0.717, 1.165) is 25.5 Å². The number of rotatable bonds is 5. The summed E-state index contributed by atoms with van der Waals surface area (Å²) in [5, 5.41) is 6.90. The number of hydrogen-bond donors (Lipinski definition) is 2. The molecule has 5 heteroatoms. The van der Waals surface area contributed by atoms with Gasteiger partial charge in [0.05, 0.1) is 6.54 Å². The normalized spacial score (nSPS) is 16.0. The lowest BCUT2D eigenvalue weighted by Gasteiger charge is -2.16. The number of aliphatic imine (C=N–C) groups is 1. The summed E-state index contributed by atoms with van der Waals surface area (Å²) in [7, 11) is 0. The van der Waals surface area contributed by atoms with Gasteiger partial charge < -0.3 is 10.6 Å². The van der Waals surface area contributed by atoms with Crippen LogP contribution >= 0.6 is 35.3 Å². The van der Waals surface area contributed by atoms with Crippen LogP contribution in [0, 0.1) is 0 Å². The van der Waals surface area contributed by atoms with E-state index in [-0.39, 0.29) is 24.0 Å². The van der Waals surface area contributed by atoms with E-state index in [1.165, 1.54) is 35.4 Å². The molecule has 0 unspecified atom stereocenters. The fourth-order valence-electron chi connectivity index (χ4n) is 2.44. The van der Waals surface area contributed by atoms with Crippen LogP contribution in [0.3, 0.4) is 0 Å². The van der Waals surface area contributed by atoms with E-state index in [1.54, 1.807) is 0 Å². The first-order chi connectivity index (χ1) is 9.31. The Labute approximate surface area is 143 Å². The molecule has 0 bridgehead atoms. The highest BCUT2D eigenvalue weighted by Gasteiger charge is 2.15. The van der Waals surface area contributed by atoms with Gasteiger partial charge in [0.2, 0.25) is 0 Å². The van der Waals surface area contributed by atoms with Gasteiger partial charge in [-0.15, -0.1) is 35.3 Å². The van der Waals surface area contributed by atoms with Gasteiger partial charge in [0.1, 0.15) is 0 Å². The largest absolute Gasteiger partial charge is 0.357 e. The van der Waals surface area contributed by atoms with Crippen molar-refractivity contribution < 1.29 is 0 Å². The zero-order valence-corrected chi connectivity index (χ0v) is 15.6. The molecule has 0 aromatic carbocycles. The van der Waals surface area contributed by atoms with Crippen molar-refractivity contribution in [1.29, 1.82) is 0 Å². The lowest BCUT2D eigenvalue weighted by Crippen LogP contribution is -2.42. The first-order valence-corrected chi connectivity index (χ1v) is 8.26. The third-order valence-corrected chi connectivity index (χ3v) is 4.71. The number of aryl methyl sites for hydroxylation is 1. The minimum absolute atomic E-state index is 0. The van der Waals surface area contributed by atoms with Gasteiger partial charge in [0, 0.05) is 22.3 Å². The first kappa shape index (κ1) is 17.8. The Morgan fingerprint density at radius 1 is 1.25 bits per heavy atom. The third kappa shape index (κ3) is 5.60. The van der Waals surface area contributed by atoms with Gasteiger partial charge in [0.25, 0.3) is 0 Å². The van der Waals surface area contributed by atoms with Crippen LogP contribution in [-0.2, 0) is 13.0 Å². The van der Waals surface area contributed by atoms with Gasteiger partial charge >= 0.3 is 0 Å². The number of nitrogens with one attached hydrogen (secondary N) is 2. The van der Waals surface area contributed by atoms with Crippen LogP contribution in [-0.4, -0.2) is 18.5 Å². The molecule has 1 aromatic heterocycles. The summed E-state index contributed by atoms with van der Waals surface area (Å²) in [5.41, 5.74) is 0. The van der Waals surface area contributed by atoms with E-state index in [9.17, 15) is 0 Å². The van der Waals surface area contributed by atoms with Gasteiger partial charge in [-0.2, -0.15) is 0 Å². The summed E-state index contributed by atoms with van der Waals surface area (Å²) in [6.45, 7) is 6.02. The summed E-state index contributed by atoms with van der Waals surface area (Å²) in [4.78, 5) is 7.49. The standard InChI is InChI=1S/C15H25N3S.HI/c1-3-13-9-10-14(19-13)11-17-15(16-4-2)18-12-7-5-6-8-12;/h9-10,12H,3-8,11H2,1-2H3,(H2,16,17,18);1H. The maximum absolute atomic E-state index is 4.70. The van der Waals surface area contributed by atoms with Crippen molar-refractivity contribution in [3.63, 3.8) is 0 Å². The molecule has 0 saturated heterocycles. The molecule has 0 amide bonds. The SMILES string of the molecule is CCNC(=NCc1ccc(CC)s1)NC1CCCC1.I. The molecule has 2 rings (SSSR count). The van der Waals surface area contributed by atoms with E-state index in [2.05, 4.69) is 36.6 Å². The molecule has 114 valence electrons. The summed E-state index contributed by atoms with van der Waals surface area (Å²) < 4.78 is 0. The molecule has 20 heavy (non-hydrogen) atoms. The summed E-state index contributed by atoms with van der Waals surface area (Å²) in [6, 6.07) is 5.03. The van der Waals surface area contributed by atoms with Crippen LogP contribution in [0.2, 0.25) is 0 Å². The van der Waals surface area contributed by atoms with Crippen molar-refractivity contribution in [3.05, 3.63) is 21.9 Å². The second kappa shape index (κ2) is 9.60. The Morgan fingerprint density at radius 2 is 1.95 bits per heavy atom. The number of halogens is 1. The van der Waals surface area contributed by atoms with Crippen LogP contribution in [0.4, 0.5) is 0 Å². The van der Waals surface area contributed by atoms with Gasteiger partial charge in [-0.1, -0.05) is 19.8 Å². The molecule has 0 atom stereocenters. The Morgan fingerprint density at radius 3 is 2.55 bits per heavy atom. The quantitative estimate of drug-likeness (QED) is 0.441. The van der Waals surface area contributed by atoms with Crippen molar-refractivity contribution in [2.75, 3.05) is 6.54 Å². The smallest absolute Gasteiger partial charge is 0.191 e.